The molecular formula is C17H12Cl2F2N2O2S2. The molecule has 3 heterocycles. The minimum atomic E-state index is -0.770. The number of rotatable bonds is 4. The van der Waals surface area contributed by atoms with E-state index in [-0.39, 0.29) is 33.2 Å². The van der Waals surface area contributed by atoms with Crippen LogP contribution in [0, 0.1) is 11.6 Å². The molecule has 27 heavy (non-hydrogen) atoms. The maximum atomic E-state index is 14.1. The smallest absolute Gasteiger partial charge is 0.262 e. The molecule has 1 atom stereocenters. The number of halogens is 4. The van der Waals surface area contributed by atoms with E-state index in [1.54, 1.807) is 0 Å². The highest BCUT2D eigenvalue weighted by Crippen LogP contribution is 2.36. The highest BCUT2D eigenvalue weighted by molar-refractivity contribution is 7.22. The van der Waals surface area contributed by atoms with E-state index in [0.29, 0.717) is 15.6 Å². The van der Waals surface area contributed by atoms with Crippen LogP contribution in [0.4, 0.5) is 13.9 Å². The fourth-order valence-corrected chi connectivity index (χ4v) is 5.39. The molecule has 0 N–H and O–H groups in total. The van der Waals surface area contributed by atoms with Crippen molar-refractivity contribution >= 4 is 67.1 Å². The summed E-state index contributed by atoms with van der Waals surface area (Å²) in [7, 11) is 0. The molecule has 4 nitrogen and oxygen atoms in total. The van der Waals surface area contributed by atoms with Gasteiger partial charge in [0, 0.05) is 12.7 Å². The van der Waals surface area contributed by atoms with Gasteiger partial charge >= 0.3 is 0 Å². The lowest BCUT2D eigenvalue weighted by Gasteiger charge is -2.22. The van der Waals surface area contributed by atoms with E-state index in [4.69, 9.17) is 27.9 Å². The second-order valence-corrected chi connectivity index (χ2v) is 9.31. The topological polar surface area (TPSA) is 42.4 Å². The van der Waals surface area contributed by atoms with E-state index >= 15 is 0 Å². The van der Waals surface area contributed by atoms with Gasteiger partial charge in [-0.1, -0.05) is 34.5 Å². The van der Waals surface area contributed by atoms with Gasteiger partial charge in [-0.3, -0.25) is 9.69 Å². The van der Waals surface area contributed by atoms with Gasteiger partial charge in [0.05, 0.1) is 27.2 Å². The molecule has 1 fully saturated rings. The van der Waals surface area contributed by atoms with Crippen molar-refractivity contribution < 1.29 is 18.3 Å². The molecule has 0 saturated carbocycles. The van der Waals surface area contributed by atoms with Gasteiger partial charge in [0.15, 0.2) is 10.9 Å². The minimum absolute atomic E-state index is 0.0241. The number of carbonyl (C=O) groups excluding carboxylic acids is 1. The van der Waals surface area contributed by atoms with Crippen molar-refractivity contribution in [1.82, 2.24) is 4.98 Å². The molecule has 0 bridgehead atoms. The summed E-state index contributed by atoms with van der Waals surface area (Å²) in [4.78, 5) is 18.8. The average molecular weight is 449 g/mol. The van der Waals surface area contributed by atoms with Gasteiger partial charge in [0.1, 0.15) is 15.7 Å². The van der Waals surface area contributed by atoms with Crippen LogP contribution in [0.2, 0.25) is 8.67 Å². The number of carbonyl (C=O) groups is 1. The predicted octanol–water partition coefficient (Wildman–Crippen LogP) is 5.77. The molecule has 1 aliphatic rings. The first kappa shape index (κ1) is 19.0. The predicted molar refractivity (Wildman–Crippen MR) is 105 cm³/mol. The molecule has 0 aliphatic carbocycles. The van der Waals surface area contributed by atoms with Gasteiger partial charge in [-0.05, 0) is 25.0 Å². The van der Waals surface area contributed by atoms with Gasteiger partial charge in [-0.25, -0.2) is 13.8 Å². The van der Waals surface area contributed by atoms with Gasteiger partial charge in [-0.2, -0.15) is 0 Å². The van der Waals surface area contributed by atoms with Crippen molar-refractivity contribution in [2.75, 3.05) is 18.1 Å². The van der Waals surface area contributed by atoms with Crippen LogP contribution in [-0.2, 0) is 4.74 Å². The van der Waals surface area contributed by atoms with Crippen molar-refractivity contribution in [1.29, 1.82) is 0 Å². The standard InChI is InChI=1S/C17H12Cl2F2N2O2S2/c18-13-6-10(15(19)27-13)16(24)23(7-9-2-1-3-25-9)17-22-14-11(21)4-8(20)5-12(14)26-17/h4-6,9H,1-3,7H2. The lowest BCUT2D eigenvalue weighted by Crippen LogP contribution is -2.37. The lowest BCUT2D eigenvalue weighted by atomic mass is 10.2. The van der Waals surface area contributed by atoms with E-state index < -0.39 is 17.5 Å². The fourth-order valence-electron chi connectivity index (χ4n) is 2.93. The zero-order chi connectivity index (χ0) is 19.1. The number of ether oxygens (including phenoxy) is 1. The molecule has 0 spiro atoms. The van der Waals surface area contributed by atoms with E-state index in [1.807, 2.05) is 0 Å². The maximum absolute atomic E-state index is 14.1. The monoisotopic (exact) mass is 448 g/mol. The van der Waals surface area contributed by atoms with Crippen molar-refractivity contribution in [3.8, 4) is 0 Å². The Morgan fingerprint density at radius 3 is 2.78 bits per heavy atom. The van der Waals surface area contributed by atoms with Crippen LogP contribution in [0.3, 0.4) is 0 Å². The van der Waals surface area contributed by atoms with Crippen molar-refractivity contribution in [2.45, 2.75) is 18.9 Å². The quantitative estimate of drug-likeness (QED) is 0.508. The number of benzene rings is 1. The molecule has 1 saturated heterocycles. The molecular weight excluding hydrogens is 437 g/mol. The second-order valence-electron chi connectivity index (χ2n) is 6.02. The maximum Gasteiger partial charge on any atom is 0.262 e. The number of aromatic nitrogens is 1. The summed E-state index contributed by atoms with van der Waals surface area (Å²) in [6, 6.07) is 3.46. The number of hydrogen-bond donors (Lipinski definition) is 0. The lowest BCUT2D eigenvalue weighted by molar-refractivity contribution is 0.0918. The third-order valence-electron chi connectivity index (χ3n) is 4.18. The first-order chi connectivity index (χ1) is 12.9. The van der Waals surface area contributed by atoms with E-state index in [0.717, 1.165) is 41.6 Å². The van der Waals surface area contributed by atoms with Gasteiger partial charge < -0.3 is 4.74 Å². The van der Waals surface area contributed by atoms with E-state index in [9.17, 15) is 13.6 Å². The Morgan fingerprint density at radius 2 is 2.11 bits per heavy atom. The zero-order valence-corrected chi connectivity index (χ0v) is 16.8. The van der Waals surface area contributed by atoms with Crippen LogP contribution >= 0.6 is 45.9 Å². The van der Waals surface area contributed by atoms with Gasteiger partial charge in [0.25, 0.3) is 5.91 Å². The first-order valence-corrected chi connectivity index (χ1v) is 10.4. The number of thiazole rings is 1. The molecule has 1 unspecified atom stereocenters. The minimum Gasteiger partial charge on any atom is -0.376 e. The van der Waals surface area contributed by atoms with Gasteiger partial charge in [0.2, 0.25) is 0 Å². The van der Waals surface area contributed by atoms with Crippen LogP contribution in [0.15, 0.2) is 18.2 Å². The van der Waals surface area contributed by atoms with Crippen molar-refractivity contribution in [3.05, 3.63) is 44.1 Å². The van der Waals surface area contributed by atoms with Gasteiger partial charge in [-0.15, -0.1) is 11.3 Å². The molecule has 4 rings (SSSR count). The molecule has 142 valence electrons. The number of anilines is 1. The third kappa shape index (κ3) is 3.82. The molecule has 1 amide bonds. The number of nitrogens with zero attached hydrogens (tertiary/aromatic N) is 2. The second kappa shape index (κ2) is 7.60. The van der Waals surface area contributed by atoms with Crippen LogP contribution in [-0.4, -0.2) is 30.1 Å². The SMILES string of the molecule is O=C(c1cc(Cl)sc1Cl)N(CC1CCCO1)c1nc2c(F)cc(F)cc2s1. The Kier molecular flexibility index (Phi) is 5.35. The number of fused-ring (bicyclic) bond motifs is 1. The molecule has 3 aromatic rings. The highest BCUT2D eigenvalue weighted by Gasteiger charge is 2.29. The normalized spacial score (nSPS) is 17.0. The van der Waals surface area contributed by atoms with E-state index in [1.165, 1.54) is 17.0 Å². The Bertz CT molecular complexity index is 1020. The summed E-state index contributed by atoms with van der Waals surface area (Å²) in [6.45, 7) is 0.865. The Hall–Kier alpha value is -1.32. The molecule has 1 aliphatic heterocycles. The van der Waals surface area contributed by atoms with Crippen LogP contribution in [0.1, 0.15) is 23.2 Å². The fraction of sp³-hybridized carbons (Fsp3) is 0.294. The summed E-state index contributed by atoms with van der Waals surface area (Å²) >= 11 is 14.2. The molecule has 1 aromatic carbocycles. The largest absolute Gasteiger partial charge is 0.376 e. The molecule has 10 heteroatoms. The summed E-state index contributed by atoms with van der Waals surface area (Å²) in [5.74, 6) is -1.87. The molecule has 0 radical (unpaired) electrons. The highest BCUT2D eigenvalue weighted by atomic mass is 35.5. The Morgan fingerprint density at radius 1 is 1.30 bits per heavy atom. The van der Waals surface area contributed by atoms with Crippen LogP contribution < -0.4 is 4.90 Å². The van der Waals surface area contributed by atoms with E-state index in [2.05, 4.69) is 4.98 Å². The number of hydrogen-bond acceptors (Lipinski definition) is 5. The third-order valence-corrected chi connectivity index (χ3v) is 6.69. The first-order valence-electron chi connectivity index (χ1n) is 8.06. The summed E-state index contributed by atoms with van der Waals surface area (Å²) < 4.78 is 34.2. The van der Waals surface area contributed by atoms with Crippen LogP contribution in [0.5, 0.6) is 0 Å². The average Bonchev–Trinajstić information content (AvgIpc) is 3.32. The Labute approximate surface area is 171 Å². The van der Waals surface area contributed by atoms with Crippen molar-refractivity contribution in [3.63, 3.8) is 0 Å². The Balaban J connectivity index is 1.76. The molecule has 2 aromatic heterocycles. The zero-order valence-electron chi connectivity index (χ0n) is 13.7. The summed E-state index contributed by atoms with van der Waals surface area (Å²) in [5.41, 5.74) is 0.270. The van der Waals surface area contributed by atoms with Crippen LogP contribution in [0.25, 0.3) is 10.2 Å². The summed E-state index contributed by atoms with van der Waals surface area (Å²) in [6.07, 6.45) is 1.54. The summed E-state index contributed by atoms with van der Waals surface area (Å²) in [5, 5.41) is 0.258. The number of amides is 1. The van der Waals surface area contributed by atoms with Crippen molar-refractivity contribution in [2.24, 2.45) is 0 Å². The number of thiophene rings is 1.